The Kier molecular flexibility index (Phi) is 5.45. The molecule has 2 N–H and O–H groups in total. The fraction of sp³-hybridized carbons (Fsp3) is 0.846. The summed E-state index contributed by atoms with van der Waals surface area (Å²) in [5, 5.41) is 12.1. The average Bonchev–Trinajstić information content (AvgIpc) is 2.35. The Morgan fingerprint density at radius 3 is 2.35 bits per heavy atom. The van der Waals surface area contributed by atoms with Crippen molar-refractivity contribution in [3.05, 3.63) is 0 Å². The van der Waals surface area contributed by atoms with Crippen LogP contribution in [0.5, 0.6) is 0 Å². The number of hydrogen-bond donors (Lipinski definition) is 2. The molecule has 0 aromatic carbocycles. The van der Waals surface area contributed by atoms with Crippen LogP contribution in [0.15, 0.2) is 0 Å². The first-order valence-corrected chi connectivity index (χ1v) is 6.65. The second-order valence-corrected chi connectivity index (χ2v) is 4.91. The van der Waals surface area contributed by atoms with Crippen LogP contribution in [0, 0.1) is 5.41 Å². The molecule has 0 unspecified atom stereocenters. The summed E-state index contributed by atoms with van der Waals surface area (Å²) in [4.78, 5) is 23.4. The number of carbonyl (C=O) groups excluding carboxylic acids is 1. The number of carbonyl (C=O) groups is 2. The fourth-order valence-electron chi connectivity index (χ4n) is 2.44. The summed E-state index contributed by atoms with van der Waals surface area (Å²) >= 11 is 0. The molecule has 1 aliphatic carbocycles. The van der Waals surface area contributed by atoms with Crippen molar-refractivity contribution >= 4 is 11.9 Å². The van der Waals surface area contributed by atoms with E-state index in [0.29, 0.717) is 19.4 Å². The predicted molar refractivity (Wildman–Crippen MR) is 65.7 cm³/mol. The van der Waals surface area contributed by atoms with Crippen LogP contribution in [0.3, 0.4) is 0 Å². The number of hydrogen-bond acceptors (Lipinski definition) is 2. The first-order chi connectivity index (χ1) is 8.13. The van der Waals surface area contributed by atoms with E-state index in [1.165, 1.54) is 0 Å². The smallest absolute Gasteiger partial charge is 0.319 e. The minimum absolute atomic E-state index is 0.277. The molecule has 0 aromatic rings. The molecule has 1 fully saturated rings. The van der Waals surface area contributed by atoms with Crippen LogP contribution in [0.1, 0.15) is 58.3 Å². The third-order valence-electron chi connectivity index (χ3n) is 3.62. The average molecular weight is 241 g/mol. The molecule has 4 heteroatoms. The molecule has 0 saturated heterocycles. The third-order valence-corrected chi connectivity index (χ3v) is 3.62. The van der Waals surface area contributed by atoms with Crippen LogP contribution in [0.25, 0.3) is 0 Å². The van der Waals surface area contributed by atoms with E-state index >= 15 is 0 Å². The molecular weight excluding hydrogens is 218 g/mol. The standard InChI is InChI=1S/C13H23NO3/c1-2-3-7-10-14-11(15)13(12(16)17)8-5-4-6-9-13/h2-10H2,1H3,(H,14,15)(H,16,17). The van der Waals surface area contributed by atoms with Crippen molar-refractivity contribution in [1.29, 1.82) is 0 Å². The number of nitrogens with one attached hydrogen (secondary N) is 1. The van der Waals surface area contributed by atoms with Gasteiger partial charge in [-0.3, -0.25) is 9.59 Å². The molecule has 0 bridgehead atoms. The molecule has 0 spiro atoms. The number of unbranched alkanes of at least 4 members (excludes halogenated alkanes) is 2. The van der Waals surface area contributed by atoms with Gasteiger partial charge in [0.1, 0.15) is 5.41 Å². The molecule has 0 radical (unpaired) electrons. The van der Waals surface area contributed by atoms with E-state index in [-0.39, 0.29) is 5.91 Å². The maximum Gasteiger partial charge on any atom is 0.319 e. The SMILES string of the molecule is CCCCCNC(=O)C1(C(=O)O)CCCCC1. The van der Waals surface area contributed by atoms with Crippen molar-refractivity contribution in [3.8, 4) is 0 Å². The Labute approximate surface area is 103 Å². The van der Waals surface area contributed by atoms with Gasteiger partial charge in [-0.1, -0.05) is 39.0 Å². The van der Waals surface area contributed by atoms with Gasteiger partial charge in [0.25, 0.3) is 0 Å². The minimum atomic E-state index is -1.15. The monoisotopic (exact) mass is 241 g/mol. The predicted octanol–water partition coefficient (Wildman–Crippen LogP) is 2.33. The Balaban J connectivity index is 2.52. The maximum atomic E-state index is 12.0. The number of aliphatic carboxylic acids is 1. The van der Waals surface area contributed by atoms with Crippen LogP contribution in [0.2, 0.25) is 0 Å². The van der Waals surface area contributed by atoms with Crippen LogP contribution >= 0.6 is 0 Å². The first-order valence-electron chi connectivity index (χ1n) is 6.65. The highest BCUT2D eigenvalue weighted by atomic mass is 16.4. The number of rotatable bonds is 6. The summed E-state index contributed by atoms with van der Waals surface area (Å²) in [6.07, 6.45) is 6.80. The lowest BCUT2D eigenvalue weighted by molar-refractivity contribution is -0.158. The van der Waals surface area contributed by atoms with E-state index < -0.39 is 11.4 Å². The molecule has 1 saturated carbocycles. The lowest BCUT2D eigenvalue weighted by Crippen LogP contribution is -2.48. The van der Waals surface area contributed by atoms with Gasteiger partial charge in [0.15, 0.2) is 0 Å². The van der Waals surface area contributed by atoms with E-state index in [2.05, 4.69) is 12.2 Å². The van der Waals surface area contributed by atoms with Crippen molar-refractivity contribution in [1.82, 2.24) is 5.32 Å². The van der Waals surface area contributed by atoms with Crippen molar-refractivity contribution in [2.45, 2.75) is 58.3 Å². The molecule has 98 valence electrons. The second-order valence-electron chi connectivity index (χ2n) is 4.91. The van der Waals surface area contributed by atoms with Crippen LogP contribution in [-0.2, 0) is 9.59 Å². The summed E-state index contributed by atoms with van der Waals surface area (Å²) in [5.41, 5.74) is -1.15. The highest BCUT2D eigenvalue weighted by Crippen LogP contribution is 2.36. The molecule has 0 heterocycles. The van der Waals surface area contributed by atoms with Crippen molar-refractivity contribution < 1.29 is 14.7 Å². The molecule has 0 aliphatic heterocycles. The Morgan fingerprint density at radius 1 is 1.18 bits per heavy atom. The van der Waals surface area contributed by atoms with Gasteiger partial charge in [-0.2, -0.15) is 0 Å². The van der Waals surface area contributed by atoms with Gasteiger partial charge in [-0.05, 0) is 19.3 Å². The van der Waals surface area contributed by atoms with E-state index in [1.54, 1.807) is 0 Å². The Hall–Kier alpha value is -1.06. The van der Waals surface area contributed by atoms with Crippen molar-refractivity contribution in [3.63, 3.8) is 0 Å². The second kappa shape index (κ2) is 6.62. The largest absolute Gasteiger partial charge is 0.480 e. The van der Waals surface area contributed by atoms with Gasteiger partial charge in [0.05, 0.1) is 0 Å². The van der Waals surface area contributed by atoms with Crippen LogP contribution < -0.4 is 5.32 Å². The number of carboxylic acids is 1. The lowest BCUT2D eigenvalue weighted by Gasteiger charge is -2.31. The van der Waals surface area contributed by atoms with Gasteiger partial charge in [-0.15, -0.1) is 0 Å². The molecule has 1 rings (SSSR count). The van der Waals surface area contributed by atoms with Crippen molar-refractivity contribution in [2.24, 2.45) is 5.41 Å². The molecule has 17 heavy (non-hydrogen) atoms. The van der Waals surface area contributed by atoms with Gasteiger partial charge in [0.2, 0.25) is 5.91 Å². The summed E-state index contributed by atoms with van der Waals surface area (Å²) in [5.74, 6) is -1.23. The zero-order valence-corrected chi connectivity index (χ0v) is 10.6. The summed E-state index contributed by atoms with van der Waals surface area (Å²) in [7, 11) is 0. The van der Waals surface area contributed by atoms with Crippen molar-refractivity contribution in [2.75, 3.05) is 6.54 Å². The zero-order chi connectivity index (χ0) is 12.7. The highest BCUT2D eigenvalue weighted by Gasteiger charge is 2.46. The lowest BCUT2D eigenvalue weighted by atomic mass is 9.73. The minimum Gasteiger partial charge on any atom is -0.480 e. The van der Waals surface area contributed by atoms with Gasteiger partial charge in [-0.25, -0.2) is 0 Å². The van der Waals surface area contributed by atoms with E-state index in [0.717, 1.165) is 38.5 Å². The summed E-state index contributed by atoms with van der Waals surface area (Å²) in [6, 6.07) is 0. The van der Waals surface area contributed by atoms with E-state index in [9.17, 15) is 14.7 Å². The first kappa shape index (κ1) is 14.0. The molecule has 4 nitrogen and oxygen atoms in total. The number of carboxylic acid groups (broad SMARTS) is 1. The molecule has 0 atom stereocenters. The number of amides is 1. The third kappa shape index (κ3) is 3.45. The summed E-state index contributed by atoms with van der Waals surface area (Å²) < 4.78 is 0. The highest BCUT2D eigenvalue weighted by molar-refractivity contribution is 6.01. The quantitative estimate of drug-likeness (QED) is 0.554. The summed E-state index contributed by atoms with van der Waals surface area (Å²) in [6.45, 7) is 2.70. The van der Waals surface area contributed by atoms with Gasteiger partial charge in [0, 0.05) is 6.54 Å². The van der Waals surface area contributed by atoms with Gasteiger partial charge >= 0.3 is 5.97 Å². The van der Waals surface area contributed by atoms with Gasteiger partial charge < -0.3 is 10.4 Å². The van der Waals surface area contributed by atoms with Crippen LogP contribution in [-0.4, -0.2) is 23.5 Å². The fourth-order valence-corrected chi connectivity index (χ4v) is 2.44. The van der Waals surface area contributed by atoms with E-state index in [1.807, 2.05) is 0 Å². The van der Waals surface area contributed by atoms with Crippen LogP contribution in [0.4, 0.5) is 0 Å². The topological polar surface area (TPSA) is 66.4 Å². The van der Waals surface area contributed by atoms with E-state index in [4.69, 9.17) is 0 Å². The molecule has 0 aromatic heterocycles. The Bertz CT molecular complexity index is 270. The molecule has 1 amide bonds. The normalized spacial score (nSPS) is 18.6. The molecule has 1 aliphatic rings. The molecular formula is C13H23NO3. The Morgan fingerprint density at radius 2 is 1.82 bits per heavy atom. The zero-order valence-electron chi connectivity index (χ0n) is 10.6. The maximum absolute atomic E-state index is 12.0.